The number of H-pyrrole nitrogens is 1. The molecule has 3 rings (SSSR count). The number of tetrazole rings is 1. The molecule has 1 aromatic carbocycles. The fraction of sp³-hybridized carbons (Fsp3) is 0.250. The van der Waals surface area contributed by atoms with Crippen molar-refractivity contribution in [2.45, 2.75) is 31.0 Å². The van der Waals surface area contributed by atoms with Gasteiger partial charge in [-0.05, 0) is 35.2 Å². The molecule has 6 N–H and O–H groups in total. The van der Waals surface area contributed by atoms with E-state index in [1.807, 2.05) is 0 Å². The predicted octanol–water partition coefficient (Wildman–Crippen LogP) is 0.238. The van der Waals surface area contributed by atoms with E-state index in [9.17, 15) is 17.9 Å². The van der Waals surface area contributed by atoms with Crippen molar-refractivity contribution in [3.8, 4) is 11.4 Å². The SMILES string of the molecule is Nc1ncc(CCc2ccc(CF)c(S(N)(=O)=O)c2-c2nn[nH]n2)cc1CO. The third kappa shape index (κ3) is 3.98. The van der Waals surface area contributed by atoms with Crippen LogP contribution >= 0.6 is 0 Å². The quantitative estimate of drug-likeness (QED) is 0.431. The number of primary sulfonamides is 1. The van der Waals surface area contributed by atoms with Crippen LogP contribution in [0.3, 0.4) is 0 Å². The number of nitrogen functional groups attached to an aromatic ring is 1. The number of nitrogens with zero attached hydrogens (tertiary/aromatic N) is 4. The van der Waals surface area contributed by atoms with Crippen molar-refractivity contribution in [1.82, 2.24) is 25.6 Å². The summed E-state index contributed by atoms with van der Waals surface area (Å²) in [6.45, 7) is -1.26. The lowest BCUT2D eigenvalue weighted by atomic mass is 9.97. The fourth-order valence-electron chi connectivity index (χ4n) is 2.93. The first-order valence-corrected chi connectivity index (χ1v) is 9.71. The van der Waals surface area contributed by atoms with E-state index in [2.05, 4.69) is 25.6 Å². The number of sulfonamides is 1. The number of aliphatic hydroxyl groups excluding tert-OH is 1. The van der Waals surface area contributed by atoms with Crippen molar-refractivity contribution in [1.29, 1.82) is 0 Å². The van der Waals surface area contributed by atoms with Gasteiger partial charge in [0, 0.05) is 22.9 Å². The van der Waals surface area contributed by atoms with Crippen LogP contribution in [0, 0.1) is 0 Å². The average Bonchev–Trinajstić information content (AvgIpc) is 3.20. The second-order valence-corrected chi connectivity index (χ2v) is 7.55. The maximum absolute atomic E-state index is 13.4. The van der Waals surface area contributed by atoms with Crippen LogP contribution in [0.25, 0.3) is 11.4 Å². The van der Waals surface area contributed by atoms with Crippen molar-refractivity contribution in [3.05, 3.63) is 46.6 Å². The van der Waals surface area contributed by atoms with E-state index in [1.54, 1.807) is 18.3 Å². The summed E-state index contributed by atoms with van der Waals surface area (Å²) in [6, 6.07) is 4.69. The molecule has 0 unspecified atom stereocenters. The summed E-state index contributed by atoms with van der Waals surface area (Å²) in [7, 11) is -4.25. The van der Waals surface area contributed by atoms with Crippen LogP contribution in [-0.2, 0) is 36.1 Å². The zero-order valence-corrected chi connectivity index (χ0v) is 15.4. The molecular weight excluding hydrogens is 389 g/mol. The zero-order valence-electron chi connectivity index (χ0n) is 14.6. The van der Waals surface area contributed by atoms with Crippen LogP contribution in [0.1, 0.15) is 22.3 Å². The Labute approximate surface area is 159 Å². The number of aliphatic hydroxyl groups is 1. The number of alkyl halides is 1. The van der Waals surface area contributed by atoms with Gasteiger partial charge >= 0.3 is 0 Å². The Morgan fingerprint density at radius 1 is 1.18 bits per heavy atom. The normalized spacial score (nSPS) is 11.7. The van der Waals surface area contributed by atoms with Crippen LogP contribution in [0.5, 0.6) is 0 Å². The van der Waals surface area contributed by atoms with Gasteiger partial charge in [0.05, 0.1) is 11.5 Å². The molecule has 0 saturated carbocycles. The maximum atomic E-state index is 13.4. The van der Waals surface area contributed by atoms with Crippen LogP contribution in [0.2, 0.25) is 0 Å². The lowest BCUT2D eigenvalue weighted by molar-refractivity contribution is 0.282. The molecule has 2 heterocycles. The Kier molecular flexibility index (Phi) is 5.63. The van der Waals surface area contributed by atoms with Crippen LogP contribution < -0.4 is 10.9 Å². The highest BCUT2D eigenvalue weighted by atomic mass is 32.2. The summed E-state index contributed by atoms with van der Waals surface area (Å²) in [5.41, 5.74) is 7.53. The number of nitrogens with one attached hydrogen (secondary N) is 1. The number of nitrogens with two attached hydrogens (primary N) is 2. The Hall–Kier alpha value is -2.96. The first-order chi connectivity index (χ1) is 13.3. The molecule has 0 saturated heterocycles. The van der Waals surface area contributed by atoms with Gasteiger partial charge in [-0.25, -0.2) is 22.9 Å². The van der Waals surface area contributed by atoms with Gasteiger partial charge < -0.3 is 10.8 Å². The van der Waals surface area contributed by atoms with Gasteiger partial charge in [-0.15, -0.1) is 10.2 Å². The zero-order chi connectivity index (χ0) is 20.3. The molecule has 3 aromatic rings. The van der Waals surface area contributed by atoms with E-state index in [0.717, 1.165) is 5.56 Å². The van der Waals surface area contributed by atoms with Crippen LogP contribution in [0.15, 0.2) is 29.3 Å². The summed E-state index contributed by atoms with van der Waals surface area (Å²) in [4.78, 5) is 3.67. The maximum Gasteiger partial charge on any atom is 0.239 e. The summed E-state index contributed by atoms with van der Waals surface area (Å²) >= 11 is 0. The van der Waals surface area contributed by atoms with E-state index in [4.69, 9.17) is 10.9 Å². The minimum atomic E-state index is -4.25. The minimum Gasteiger partial charge on any atom is -0.392 e. The molecule has 12 heteroatoms. The molecule has 0 atom stereocenters. The predicted molar refractivity (Wildman–Crippen MR) is 97.8 cm³/mol. The molecule has 148 valence electrons. The van der Waals surface area contributed by atoms with Crippen molar-refractivity contribution in [2.75, 3.05) is 5.73 Å². The molecule has 2 aromatic heterocycles. The molecular formula is C16H18FN7O3S. The van der Waals surface area contributed by atoms with Crippen molar-refractivity contribution >= 4 is 15.8 Å². The topological polar surface area (TPSA) is 174 Å². The number of aromatic nitrogens is 5. The summed E-state index contributed by atoms with van der Waals surface area (Å²) < 4.78 is 37.7. The van der Waals surface area contributed by atoms with E-state index >= 15 is 0 Å². The van der Waals surface area contributed by atoms with Crippen molar-refractivity contribution in [3.63, 3.8) is 0 Å². The Balaban J connectivity index is 2.06. The van der Waals surface area contributed by atoms with E-state index in [-0.39, 0.29) is 34.3 Å². The molecule has 0 spiro atoms. The lowest BCUT2D eigenvalue weighted by Crippen LogP contribution is -2.17. The summed E-state index contributed by atoms with van der Waals surface area (Å²) in [5.74, 6) is 0.239. The molecule has 0 aliphatic rings. The smallest absolute Gasteiger partial charge is 0.239 e. The molecule has 28 heavy (non-hydrogen) atoms. The number of pyridine rings is 1. The van der Waals surface area contributed by atoms with E-state index < -0.39 is 16.7 Å². The van der Waals surface area contributed by atoms with E-state index in [1.165, 1.54) is 6.07 Å². The molecule has 0 aliphatic carbocycles. The van der Waals surface area contributed by atoms with Crippen molar-refractivity contribution in [2.24, 2.45) is 5.14 Å². The highest BCUT2D eigenvalue weighted by molar-refractivity contribution is 7.89. The highest BCUT2D eigenvalue weighted by Gasteiger charge is 2.25. The Bertz CT molecular complexity index is 1090. The van der Waals surface area contributed by atoms with Gasteiger partial charge in [-0.1, -0.05) is 12.1 Å². The standard InChI is InChI=1S/C16H18FN7O3S/c17-6-11-4-3-10(2-1-9-5-12(8-25)15(18)20-7-9)13(14(11)28(19,26)27)16-21-23-24-22-16/h3-5,7,25H,1-2,6,8H2,(H2,18,20)(H2,19,26,27)(H,21,22,23,24). The van der Waals surface area contributed by atoms with Crippen molar-refractivity contribution < 1.29 is 17.9 Å². The third-order valence-corrected chi connectivity index (χ3v) is 5.27. The number of hydrogen-bond donors (Lipinski definition) is 4. The number of halogens is 1. The first-order valence-electron chi connectivity index (χ1n) is 8.16. The van der Waals surface area contributed by atoms with Crippen LogP contribution in [0.4, 0.5) is 10.2 Å². The number of rotatable bonds is 7. The number of aryl methyl sites for hydroxylation is 2. The molecule has 0 aliphatic heterocycles. The third-order valence-electron chi connectivity index (χ3n) is 4.23. The Morgan fingerprint density at radius 3 is 2.54 bits per heavy atom. The van der Waals surface area contributed by atoms with E-state index in [0.29, 0.717) is 24.0 Å². The van der Waals surface area contributed by atoms with Gasteiger partial charge in [0.1, 0.15) is 12.5 Å². The fourth-order valence-corrected chi connectivity index (χ4v) is 3.93. The molecule has 0 radical (unpaired) electrons. The largest absolute Gasteiger partial charge is 0.392 e. The first kappa shape index (κ1) is 19.8. The summed E-state index contributed by atoms with van der Waals surface area (Å²) in [5, 5.41) is 28.0. The summed E-state index contributed by atoms with van der Waals surface area (Å²) in [6.07, 6.45) is 2.37. The molecule has 0 amide bonds. The second-order valence-electron chi connectivity index (χ2n) is 6.05. The van der Waals surface area contributed by atoms with Gasteiger partial charge in [0.15, 0.2) is 0 Å². The highest BCUT2D eigenvalue weighted by Crippen LogP contribution is 2.32. The van der Waals surface area contributed by atoms with Gasteiger partial charge in [0.25, 0.3) is 0 Å². The molecule has 0 bridgehead atoms. The van der Waals surface area contributed by atoms with Gasteiger partial charge in [-0.3, -0.25) is 0 Å². The minimum absolute atomic E-state index is 0.000744. The molecule has 0 fully saturated rings. The monoisotopic (exact) mass is 407 g/mol. The van der Waals surface area contributed by atoms with Crippen LogP contribution in [-0.4, -0.2) is 39.1 Å². The Morgan fingerprint density at radius 2 is 1.93 bits per heavy atom. The van der Waals surface area contributed by atoms with Gasteiger partial charge in [-0.2, -0.15) is 5.21 Å². The number of hydrogen-bond acceptors (Lipinski definition) is 8. The van der Waals surface area contributed by atoms with Gasteiger partial charge in [0.2, 0.25) is 15.8 Å². The lowest BCUT2D eigenvalue weighted by Gasteiger charge is -2.14. The number of aromatic amines is 1. The molecule has 10 nitrogen and oxygen atoms in total. The second kappa shape index (κ2) is 7.96. The average molecular weight is 407 g/mol. The number of anilines is 1. The number of benzene rings is 1.